The molecule has 3 unspecified atom stereocenters. The van der Waals surface area contributed by atoms with Crippen molar-refractivity contribution in [3.05, 3.63) is 119 Å². The molecule has 0 bridgehead atoms. The van der Waals surface area contributed by atoms with Crippen LogP contribution >= 0.6 is 11.6 Å². The van der Waals surface area contributed by atoms with Crippen LogP contribution in [0.1, 0.15) is 69.9 Å². The largest absolute Gasteiger partial charge is 0.373 e. The van der Waals surface area contributed by atoms with Crippen LogP contribution in [0.5, 0.6) is 0 Å². The Morgan fingerprint density at radius 2 is 1.64 bits per heavy atom. The fourth-order valence-corrected chi connectivity index (χ4v) is 6.61. The zero-order valence-electron chi connectivity index (χ0n) is 27.3. The number of nitrogens with zero attached hydrogens (tertiary/aromatic N) is 4. The van der Waals surface area contributed by atoms with Gasteiger partial charge in [0.1, 0.15) is 30.2 Å². The van der Waals surface area contributed by atoms with Crippen molar-refractivity contribution in [2.75, 3.05) is 19.6 Å². The van der Waals surface area contributed by atoms with Crippen LogP contribution in [0.3, 0.4) is 0 Å². The van der Waals surface area contributed by atoms with Crippen LogP contribution in [0.2, 0.25) is 5.02 Å². The number of rotatable bonds is 8. The van der Waals surface area contributed by atoms with Gasteiger partial charge in [-0.05, 0) is 66.5 Å². The van der Waals surface area contributed by atoms with Crippen molar-refractivity contribution in [3.8, 4) is 0 Å². The number of benzene rings is 3. The third-order valence-electron chi connectivity index (χ3n) is 8.55. The van der Waals surface area contributed by atoms with E-state index in [4.69, 9.17) is 21.1 Å². The van der Waals surface area contributed by atoms with Crippen LogP contribution in [0.15, 0.2) is 85.5 Å². The maximum absolute atomic E-state index is 13.3. The summed E-state index contributed by atoms with van der Waals surface area (Å²) in [6, 6.07) is 23.1. The minimum atomic E-state index is -0.619. The van der Waals surface area contributed by atoms with Crippen molar-refractivity contribution in [1.29, 1.82) is 0 Å². The standard InChI is InChI=1S/C20H33NO.C17H13ClFN3O/c1-15(12-21-13-16(2)22-17(3)14-21)11-18-7-9-19(10-8-18)20(4,5)6;18-15-4-2-1-3-14(15)16-17(23-16,9-22-11-20-10-21-22)12-5-7-13(19)8-6-12/h7-10,15-17H,11-14H2,1-6H3;1-8,10-11,16H,9H2/t15?,16-,17+;. The maximum atomic E-state index is 13.3. The lowest BCUT2D eigenvalue weighted by Gasteiger charge is -2.36. The summed E-state index contributed by atoms with van der Waals surface area (Å²) in [7, 11) is 0. The number of epoxide rings is 1. The third-order valence-corrected chi connectivity index (χ3v) is 8.89. The first-order chi connectivity index (χ1) is 21.4. The molecule has 3 heterocycles. The Kier molecular flexibility index (Phi) is 10.4. The Bertz CT molecular complexity index is 1500. The highest BCUT2D eigenvalue weighted by atomic mass is 35.5. The molecule has 0 N–H and O–H groups in total. The third kappa shape index (κ3) is 8.59. The first-order valence-corrected chi connectivity index (χ1v) is 16.3. The van der Waals surface area contributed by atoms with Gasteiger partial charge in [0.2, 0.25) is 0 Å². The summed E-state index contributed by atoms with van der Waals surface area (Å²) in [5.74, 6) is 0.401. The highest BCUT2D eigenvalue weighted by Gasteiger charge is 2.59. The van der Waals surface area contributed by atoms with E-state index in [2.05, 4.69) is 80.8 Å². The zero-order valence-corrected chi connectivity index (χ0v) is 28.0. The van der Waals surface area contributed by atoms with Crippen molar-refractivity contribution >= 4 is 11.6 Å². The van der Waals surface area contributed by atoms with E-state index in [0.29, 0.717) is 29.7 Å². The van der Waals surface area contributed by atoms with Gasteiger partial charge < -0.3 is 9.47 Å². The molecule has 5 atom stereocenters. The van der Waals surface area contributed by atoms with Gasteiger partial charge in [-0.1, -0.05) is 93.9 Å². The highest BCUT2D eigenvalue weighted by molar-refractivity contribution is 6.31. The van der Waals surface area contributed by atoms with E-state index in [1.807, 2.05) is 24.3 Å². The predicted octanol–water partition coefficient (Wildman–Crippen LogP) is 8.01. The molecule has 45 heavy (non-hydrogen) atoms. The molecule has 0 radical (unpaired) electrons. The molecule has 2 aliphatic heterocycles. The normalized spacial score (nSPS) is 24.0. The number of hydrogen-bond donors (Lipinski definition) is 0. The molecule has 6 rings (SSSR count). The summed E-state index contributed by atoms with van der Waals surface area (Å²) in [6.45, 7) is 17.3. The Balaban J connectivity index is 0.000000178. The summed E-state index contributed by atoms with van der Waals surface area (Å²) in [4.78, 5) is 6.53. The summed E-state index contributed by atoms with van der Waals surface area (Å²) >= 11 is 6.31. The van der Waals surface area contributed by atoms with Crippen LogP contribution in [-0.2, 0) is 33.5 Å². The Labute approximate surface area is 272 Å². The van der Waals surface area contributed by atoms with Crippen molar-refractivity contribution in [3.63, 3.8) is 0 Å². The van der Waals surface area contributed by atoms with Crippen molar-refractivity contribution in [1.82, 2.24) is 19.7 Å². The molecule has 4 aromatic rings. The average molecular weight is 633 g/mol. The maximum Gasteiger partial charge on any atom is 0.144 e. The molecule has 1 aromatic heterocycles. The number of hydrogen-bond acceptors (Lipinski definition) is 5. The van der Waals surface area contributed by atoms with Gasteiger partial charge in [0, 0.05) is 30.2 Å². The van der Waals surface area contributed by atoms with Gasteiger partial charge in [0.05, 0.1) is 18.8 Å². The molecule has 2 aliphatic rings. The zero-order chi connectivity index (χ0) is 32.2. The highest BCUT2D eigenvalue weighted by Crippen LogP contribution is 2.59. The van der Waals surface area contributed by atoms with E-state index < -0.39 is 5.60 Å². The summed E-state index contributed by atoms with van der Waals surface area (Å²) in [6.07, 6.45) is 4.79. The molecule has 2 saturated heterocycles. The van der Waals surface area contributed by atoms with E-state index in [1.54, 1.807) is 23.1 Å². The quantitative estimate of drug-likeness (QED) is 0.184. The number of halogens is 2. The second-order valence-electron chi connectivity index (χ2n) is 13.7. The molecular formula is C37H46ClFN4O2. The van der Waals surface area contributed by atoms with Crippen molar-refractivity contribution in [2.45, 2.75) is 83.8 Å². The van der Waals surface area contributed by atoms with E-state index in [0.717, 1.165) is 30.6 Å². The topological polar surface area (TPSA) is 55.7 Å². The number of morpholine rings is 1. The molecule has 0 aliphatic carbocycles. The molecule has 6 nitrogen and oxygen atoms in total. The molecule has 0 amide bonds. The molecule has 240 valence electrons. The minimum absolute atomic E-state index is 0.203. The van der Waals surface area contributed by atoms with Crippen LogP contribution < -0.4 is 0 Å². The summed E-state index contributed by atoms with van der Waals surface area (Å²) in [5, 5.41) is 4.81. The molecule has 8 heteroatoms. The number of aromatic nitrogens is 3. The second-order valence-corrected chi connectivity index (χ2v) is 14.1. The van der Waals surface area contributed by atoms with Gasteiger partial charge >= 0.3 is 0 Å². The van der Waals surface area contributed by atoms with Crippen molar-refractivity contribution < 1.29 is 13.9 Å². The number of ether oxygens (including phenoxy) is 2. The van der Waals surface area contributed by atoms with Crippen LogP contribution in [-0.4, -0.2) is 51.5 Å². The van der Waals surface area contributed by atoms with E-state index in [9.17, 15) is 4.39 Å². The van der Waals surface area contributed by atoms with Crippen LogP contribution in [0.4, 0.5) is 4.39 Å². The van der Waals surface area contributed by atoms with Crippen molar-refractivity contribution in [2.24, 2.45) is 5.92 Å². The van der Waals surface area contributed by atoms with Gasteiger partial charge in [-0.15, -0.1) is 0 Å². The predicted molar refractivity (Wildman–Crippen MR) is 178 cm³/mol. The lowest BCUT2D eigenvalue weighted by Crippen LogP contribution is -2.47. The Morgan fingerprint density at radius 1 is 0.978 bits per heavy atom. The second kappa shape index (κ2) is 14.1. The molecule has 3 aromatic carbocycles. The fourth-order valence-electron chi connectivity index (χ4n) is 6.38. The SMILES string of the molecule is CC(Cc1ccc(C(C)(C)C)cc1)CN1C[C@@H](C)O[C@@H](C)C1.Fc1ccc(C2(Cn3cncn3)OC2c2ccccc2Cl)cc1. The monoisotopic (exact) mass is 632 g/mol. The lowest BCUT2D eigenvalue weighted by molar-refractivity contribution is -0.0708. The smallest absolute Gasteiger partial charge is 0.144 e. The van der Waals surface area contributed by atoms with Gasteiger partial charge in [-0.3, -0.25) is 4.90 Å². The minimum Gasteiger partial charge on any atom is -0.373 e. The van der Waals surface area contributed by atoms with E-state index >= 15 is 0 Å². The lowest BCUT2D eigenvalue weighted by atomic mass is 9.86. The molecule has 0 saturated carbocycles. The molecular weight excluding hydrogens is 587 g/mol. The van der Waals surface area contributed by atoms with Crippen LogP contribution in [0.25, 0.3) is 0 Å². The summed E-state index contributed by atoms with van der Waals surface area (Å²) in [5.41, 5.74) is 4.30. The van der Waals surface area contributed by atoms with Gasteiger partial charge in [-0.2, -0.15) is 5.10 Å². The fraction of sp³-hybridized carbons (Fsp3) is 0.459. The first kappa shape index (κ1) is 33.3. The van der Waals surface area contributed by atoms with Gasteiger partial charge in [0.25, 0.3) is 0 Å². The van der Waals surface area contributed by atoms with E-state index in [1.165, 1.54) is 36.1 Å². The van der Waals surface area contributed by atoms with E-state index in [-0.39, 0.29) is 17.3 Å². The Hall–Kier alpha value is -3.10. The van der Waals surface area contributed by atoms with Gasteiger partial charge in [-0.25, -0.2) is 14.1 Å². The molecule has 0 spiro atoms. The van der Waals surface area contributed by atoms with Gasteiger partial charge in [0.15, 0.2) is 0 Å². The van der Waals surface area contributed by atoms with Crippen LogP contribution in [0, 0.1) is 11.7 Å². The average Bonchev–Trinajstić information content (AvgIpc) is 3.45. The molecule has 2 fully saturated rings. The first-order valence-electron chi connectivity index (χ1n) is 15.9. The Morgan fingerprint density at radius 3 is 2.24 bits per heavy atom. The summed E-state index contributed by atoms with van der Waals surface area (Å²) < 4.78 is 26.9.